The second kappa shape index (κ2) is 10.3. The van der Waals surface area contributed by atoms with Gasteiger partial charge in [0.2, 0.25) is 0 Å². The molecule has 1 saturated carbocycles. The third-order valence-electron chi connectivity index (χ3n) is 4.91. The van der Waals surface area contributed by atoms with E-state index in [0.717, 1.165) is 56.1 Å². The van der Waals surface area contributed by atoms with Gasteiger partial charge in [-0.15, -0.1) is 0 Å². The first kappa shape index (κ1) is 20.4. The number of ether oxygens (including phenoxy) is 2. The fraction of sp³-hybridized carbons (Fsp3) is 0.650. The van der Waals surface area contributed by atoms with E-state index in [4.69, 9.17) is 9.47 Å². The lowest BCUT2D eigenvalue weighted by Gasteiger charge is -2.24. The first-order chi connectivity index (χ1) is 12.6. The van der Waals surface area contributed by atoms with Gasteiger partial charge in [-0.25, -0.2) is 0 Å². The zero-order valence-corrected chi connectivity index (χ0v) is 16.9. The molecule has 1 aromatic rings. The number of likely N-dealkylation sites (N-methyl/N-ethyl adjacent to an activating group) is 2. The zero-order chi connectivity index (χ0) is 18.9. The fourth-order valence-corrected chi connectivity index (χ4v) is 3.17. The largest absolute Gasteiger partial charge is 0.493 e. The molecule has 0 unspecified atom stereocenters. The Balaban J connectivity index is 1.80. The molecule has 146 valence electrons. The standard InChI is InChI=1S/C20H34N4O2/c1-6-24(17-8-9-17)14-12-22-20(21-2)23(3)13-11-16-7-10-18(25-4)19(15-16)26-5/h7,10,15,17H,6,8-9,11-14H2,1-5H3,(H,21,22). The van der Waals surface area contributed by atoms with Gasteiger partial charge in [0.25, 0.3) is 0 Å². The highest BCUT2D eigenvalue weighted by Crippen LogP contribution is 2.27. The maximum absolute atomic E-state index is 5.38. The number of rotatable bonds is 10. The first-order valence-electron chi connectivity index (χ1n) is 9.49. The minimum Gasteiger partial charge on any atom is -0.493 e. The number of nitrogens with zero attached hydrogens (tertiary/aromatic N) is 3. The van der Waals surface area contributed by atoms with Crippen molar-refractivity contribution < 1.29 is 9.47 Å². The number of nitrogens with one attached hydrogen (secondary N) is 1. The van der Waals surface area contributed by atoms with Crippen molar-refractivity contribution in [3.8, 4) is 11.5 Å². The molecule has 0 bridgehead atoms. The molecule has 0 spiro atoms. The summed E-state index contributed by atoms with van der Waals surface area (Å²) in [7, 11) is 7.24. The van der Waals surface area contributed by atoms with E-state index >= 15 is 0 Å². The molecule has 1 N–H and O–H groups in total. The molecule has 0 aromatic heterocycles. The summed E-state index contributed by atoms with van der Waals surface area (Å²) in [4.78, 5) is 9.13. The summed E-state index contributed by atoms with van der Waals surface area (Å²) >= 11 is 0. The minimum atomic E-state index is 0.762. The maximum atomic E-state index is 5.38. The molecule has 26 heavy (non-hydrogen) atoms. The quantitative estimate of drug-likeness (QED) is 0.511. The van der Waals surface area contributed by atoms with Crippen LogP contribution in [0.5, 0.6) is 11.5 Å². The van der Waals surface area contributed by atoms with E-state index in [1.54, 1.807) is 14.2 Å². The summed E-state index contributed by atoms with van der Waals surface area (Å²) in [5.41, 5.74) is 1.22. The summed E-state index contributed by atoms with van der Waals surface area (Å²) in [6, 6.07) is 6.89. The van der Waals surface area contributed by atoms with Crippen LogP contribution >= 0.6 is 0 Å². The van der Waals surface area contributed by atoms with Crippen molar-refractivity contribution >= 4 is 5.96 Å². The summed E-state index contributed by atoms with van der Waals surface area (Å²) in [5, 5.41) is 3.48. The van der Waals surface area contributed by atoms with Crippen molar-refractivity contribution in [3.05, 3.63) is 23.8 Å². The van der Waals surface area contributed by atoms with Crippen molar-refractivity contribution in [3.63, 3.8) is 0 Å². The average molecular weight is 363 g/mol. The number of hydrogen-bond donors (Lipinski definition) is 1. The number of methoxy groups -OCH3 is 2. The van der Waals surface area contributed by atoms with Gasteiger partial charge in [-0.2, -0.15) is 0 Å². The molecule has 6 heteroatoms. The lowest BCUT2D eigenvalue weighted by atomic mass is 10.1. The Morgan fingerprint density at radius 1 is 1.19 bits per heavy atom. The smallest absolute Gasteiger partial charge is 0.193 e. The van der Waals surface area contributed by atoms with Crippen LogP contribution in [0.25, 0.3) is 0 Å². The van der Waals surface area contributed by atoms with Crippen molar-refractivity contribution in [2.45, 2.75) is 32.2 Å². The molecule has 1 fully saturated rings. The third-order valence-corrected chi connectivity index (χ3v) is 4.91. The van der Waals surface area contributed by atoms with E-state index in [1.807, 2.05) is 19.2 Å². The fourth-order valence-electron chi connectivity index (χ4n) is 3.17. The number of aliphatic imine (C=N–C) groups is 1. The van der Waals surface area contributed by atoms with E-state index in [1.165, 1.54) is 18.4 Å². The second-order valence-electron chi connectivity index (χ2n) is 6.69. The Bertz CT molecular complexity index is 587. The highest BCUT2D eigenvalue weighted by molar-refractivity contribution is 5.79. The maximum Gasteiger partial charge on any atom is 0.193 e. The Morgan fingerprint density at radius 3 is 2.50 bits per heavy atom. The average Bonchev–Trinajstić information content (AvgIpc) is 3.51. The molecule has 0 heterocycles. The third kappa shape index (κ3) is 5.80. The SMILES string of the molecule is CCN(CCNC(=NC)N(C)CCc1ccc(OC)c(OC)c1)C1CC1. The van der Waals surface area contributed by atoms with Gasteiger partial charge in [0.1, 0.15) is 0 Å². The van der Waals surface area contributed by atoms with Crippen LogP contribution in [0.3, 0.4) is 0 Å². The van der Waals surface area contributed by atoms with Gasteiger partial charge in [-0.1, -0.05) is 13.0 Å². The number of hydrogen-bond acceptors (Lipinski definition) is 4. The van der Waals surface area contributed by atoms with E-state index in [0.29, 0.717) is 0 Å². The van der Waals surface area contributed by atoms with Crippen LogP contribution in [-0.2, 0) is 6.42 Å². The summed E-state index contributed by atoms with van der Waals surface area (Å²) in [5.74, 6) is 2.48. The summed E-state index contributed by atoms with van der Waals surface area (Å²) < 4.78 is 10.7. The normalized spacial score (nSPS) is 14.5. The van der Waals surface area contributed by atoms with Gasteiger partial charge in [0, 0.05) is 39.8 Å². The number of benzene rings is 1. The molecule has 0 aliphatic heterocycles. The van der Waals surface area contributed by atoms with E-state index in [2.05, 4.69) is 40.1 Å². The molecule has 1 aliphatic rings. The van der Waals surface area contributed by atoms with Crippen LogP contribution in [0.4, 0.5) is 0 Å². The summed E-state index contributed by atoms with van der Waals surface area (Å²) in [6.45, 7) is 6.25. The Morgan fingerprint density at radius 2 is 1.92 bits per heavy atom. The molecule has 1 aliphatic carbocycles. The minimum absolute atomic E-state index is 0.762. The second-order valence-corrected chi connectivity index (χ2v) is 6.69. The van der Waals surface area contributed by atoms with E-state index in [9.17, 15) is 0 Å². The Hall–Kier alpha value is -1.95. The molecule has 0 saturated heterocycles. The predicted octanol–water partition coefficient (Wildman–Crippen LogP) is 2.24. The van der Waals surface area contributed by atoms with Gasteiger partial charge in [-0.3, -0.25) is 9.89 Å². The molecule has 0 radical (unpaired) electrons. The molecule has 2 rings (SSSR count). The topological polar surface area (TPSA) is 49.3 Å². The first-order valence-corrected chi connectivity index (χ1v) is 9.49. The van der Waals surface area contributed by atoms with Gasteiger partial charge in [0.05, 0.1) is 14.2 Å². The van der Waals surface area contributed by atoms with Crippen LogP contribution in [0.2, 0.25) is 0 Å². The van der Waals surface area contributed by atoms with Crippen molar-refractivity contribution in [2.75, 3.05) is 54.5 Å². The van der Waals surface area contributed by atoms with Crippen molar-refractivity contribution in [1.29, 1.82) is 0 Å². The van der Waals surface area contributed by atoms with Crippen LogP contribution in [0.1, 0.15) is 25.3 Å². The Labute approximate surface area is 158 Å². The molecule has 0 amide bonds. The highest BCUT2D eigenvalue weighted by atomic mass is 16.5. The zero-order valence-electron chi connectivity index (χ0n) is 16.9. The Kier molecular flexibility index (Phi) is 8.04. The molecular weight excluding hydrogens is 328 g/mol. The van der Waals surface area contributed by atoms with Crippen molar-refractivity contribution in [2.24, 2.45) is 4.99 Å². The molecule has 1 aromatic carbocycles. The summed E-state index contributed by atoms with van der Waals surface area (Å²) in [6.07, 6.45) is 3.63. The number of guanidine groups is 1. The van der Waals surface area contributed by atoms with Crippen LogP contribution < -0.4 is 14.8 Å². The van der Waals surface area contributed by atoms with Crippen molar-refractivity contribution in [1.82, 2.24) is 15.1 Å². The van der Waals surface area contributed by atoms with Gasteiger partial charge < -0.3 is 19.7 Å². The van der Waals surface area contributed by atoms with Crippen LogP contribution in [0, 0.1) is 0 Å². The van der Waals surface area contributed by atoms with E-state index in [-0.39, 0.29) is 0 Å². The van der Waals surface area contributed by atoms with Gasteiger partial charge in [0.15, 0.2) is 17.5 Å². The van der Waals surface area contributed by atoms with Gasteiger partial charge in [-0.05, 0) is 43.5 Å². The van der Waals surface area contributed by atoms with Gasteiger partial charge >= 0.3 is 0 Å². The van der Waals surface area contributed by atoms with E-state index < -0.39 is 0 Å². The monoisotopic (exact) mass is 362 g/mol. The van der Waals surface area contributed by atoms with Crippen LogP contribution in [0.15, 0.2) is 23.2 Å². The molecular formula is C20H34N4O2. The van der Waals surface area contributed by atoms with Crippen LogP contribution in [-0.4, -0.2) is 76.3 Å². The lowest BCUT2D eigenvalue weighted by Crippen LogP contribution is -2.43. The molecule has 0 atom stereocenters. The molecule has 6 nitrogen and oxygen atoms in total. The lowest BCUT2D eigenvalue weighted by molar-refractivity contribution is 0.281. The highest BCUT2D eigenvalue weighted by Gasteiger charge is 2.27. The predicted molar refractivity (Wildman–Crippen MR) is 108 cm³/mol.